The van der Waals surface area contributed by atoms with Gasteiger partial charge >= 0.3 is 0 Å². The Balaban J connectivity index is 0.863. The molecule has 3 heteroatoms. The first kappa shape index (κ1) is 43.6. The van der Waals surface area contributed by atoms with Gasteiger partial charge in [-0.25, -0.2) is 0 Å². The quantitative estimate of drug-likeness (QED) is 0.144. The van der Waals surface area contributed by atoms with E-state index in [-0.39, 0.29) is 0 Å². The minimum absolute atomic E-state index is 0.577. The Morgan fingerprint density at radius 1 is 0.250 bits per heavy atom. The van der Waals surface area contributed by atoms with Crippen LogP contribution in [0, 0.1) is 0 Å². The summed E-state index contributed by atoms with van der Waals surface area (Å²) in [6.45, 7) is 0. The van der Waals surface area contributed by atoms with E-state index in [1.807, 2.05) is 24.3 Å². The van der Waals surface area contributed by atoms with Crippen LogP contribution < -0.4 is 4.90 Å². The Kier molecular flexibility index (Phi) is 10.1. The minimum atomic E-state index is -0.577. The van der Waals surface area contributed by atoms with Crippen LogP contribution in [0.15, 0.2) is 294 Å². The Morgan fingerprint density at radius 2 is 0.632 bits per heavy atom. The monoisotopic (exact) mass is 969 g/mol. The highest BCUT2D eigenvalue weighted by Crippen LogP contribution is 2.59. The van der Waals surface area contributed by atoms with Crippen LogP contribution >= 0.6 is 0 Å². The van der Waals surface area contributed by atoms with Gasteiger partial charge in [-0.1, -0.05) is 237 Å². The lowest BCUT2D eigenvalue weighted by atomic mass is 9.66. The lowest BCUT2D eigenvalue weighted by Gasteiger charge is -2.35. The van der Waals surface area contributed by atoms with E-state index in [0.717, 1.165) is 88.8 Å². The lowest BCUT2D eigenvalue weighted by molar-refractivity contribution is 0.669. The van der Waals surface area contributed by atoms with Crippen molar-refractivity contribution in [3.63, 3.8) is 0 Å². The molecule has 12 aromatic carbocycles. The second-order valence-electron chi connectivity index (χ2n) is 19.9. The second kappa shape index (κ2) is 17.6. The van der Waals surface area contributed by atoms with Crippen molar-refractivity contribution in [2.24, 2.45) is 0 Å². The SMILES string of the molecule is c1ccc(-c2ccc(C3(c4ccccc4)c4ccccc4-c4cccc(-c5ccc(N(c6ccc(-c7cccc8c7oc7ccccc78)cc6)c6ccc(-c7cccc8c7oc7ccccc78)cc6)cc5)c43)cc2)cc1. The third kappa shape index (κ3) is 6.83. The van der Waals surface area contributed by atoms with Crippen LogP contribution in [-0.2, 0) is 5.41 Å². The van der Waals surface area contributed by atoms with Crippen LogP contribution in [0.3, 0.4) is 0 Å². The standard InChI is InChI=1S/C73H47NO2/c1-3-16-48(17-4-1)49-32-40-54(41-33-49)73(53-18-5-2-6-19-53)67-29-10-7-20-61(67)64-26-13-23-58(70(64)73)50-34-42-55(43-35-50)74(56-44-36-51(37-45-56)59-24-14-27-65-62-21-8-11-30-68(62)75-71(59)65)57-46-38-52(39-47-57)60-25-15-28-66-63-22-9-12-31-69(63)76-72(60)66/h1-47H. The predicted molar refractivity (Wildman–Crippen MR) is 315 cm³/mol. The number of hydrogen-bond donors (Lipinski definition) is 0. The van der Waals surface area contributed by atoms with E-state index < -0.39 is 5.41 Å². The number of benzene rings is 12. The molecule has 76 heavy (non-hydrogen) atoms. The van der Waals surface area contributed by atoms with Crippen molar-refractivity contribution in [2.45, 2.75) is 5.41 Å². The largest absolute Gasteiger partial charge is 0.455 e. The molecule has 1 atom stereocenters. The molecule has 356 valence electrons. The van der Waals surface area contributed by atoms with Crippen molar-refractivity contribution >= 4 is 60.9 Å². The van der Waals surface area contributed by atoms with E-state index in [0.29, 0.717) is 0 Å². The maximum Gasteiger partial charge on any atom is 0.143 e. The number of nitrogens with zero attached hydrogens (tertiary/aromatic N) is 1. The molecule has 15 rings (SSSR count). The molecule has 0 fully saturated rings. The van der Waals surface area contributed by atoms with E-state index in [9.17, 15) is 0 Å². The smallest absolute Gasteiger partial charge is 0.143 e. The van der Waals surface area contributed by atoms with Gasteiger partial charge in [-0.05, 0) is 115 Å². The molecule has 0 aliphatic heterocycles. The summed E-state index contributed by atoms with van der Waals surface area (Å²) in [4.78, 5) is 2.36. The first-order valence-electron chi connectivity index (χ1n) is 26.1. The van der Waals surface area contributed by atoms with Gasteiger partial charge in [0.05, 0.1) is 5.41 Å². The minimum Gasteiger partial charge on any atom is -0.455 e. The maximum absolute atomic E-state index is 6.51. The molecule has 0 radical (unpaired) electrons. The normalized spacial score (nSPS) is 13.8. The fourth-order valence-electron chi connectivity index (χ4n) is 12.4. The van der Waals surface area contributed by atoms with Gasteiger partial charge in [0.25, 0.3) is 0 Å². The average molecular weight is 970 g/mol. The molecule has 1 aliphatic rings. The van der Waals surface area contributed by atoms with Crippen molar-refractivity contribution in [3.05, 3.63) is 307 Å². The number of rotatable bonds is 9. The third-order valence-electron chi connectivity index (χ3n) is 15.8. The molecule has 1 unspecified atom stereocenters. The molecule has 0 amide bonds. The molecule has 14 aromatic rings. The highest BCUT2D eigenvalue weighted by atomic mass is 16.3. The van der Waals surface area contributed by atoms with Gasteiger partial charge in [-0.3, -0.25) is 0 Å². The number of furan rings is 2. The summed E-state index contributed by atoms with van der Waals surface area (Å²) in [5.74, 6) is 0. The molecular weight excluding hydrogens is 923 g/mol. The van der Waals surface area contributed by atoms with Crippen molar-refractivity contribution in [2.75, 3.05) is 4.90 Å². The highest BCUT2D eigenvalue weighted by Gasteiger charge is 2.47. The third-order valence-corrected chi connectivity index (χ3v) is 15.8. The molecule has 0 spiro atoms. The van der Waals surface area contributed by atoms with E-state index >= 15 is 0 Å². The van der Waals surface area contributed by atoms with Crippen LogP contribution in [-0.4, -0.2) is 0 Å². The van der Waals surface area contributed by atoms with Gasteiger partial charge in [-0.15, -0.1) is 0 Å². The Hall–Kier alpha value is -9.96. The molecule has 0 N–H and O–H groups in total. The van der Waals surface area contributed by atoms with Gasteiger partial charge in [0.15, 0.2) is 0 Å². The summed E-state index contributed by atoms with van der Waals surface area (Å²) in [5, 5.41) is 4.48. The summed E-state index contributed by atoms with van der Waals surface area (Å²) in [5.41, 5.74) is 22.8. The second-order valence-corrected chi connectivity index (χ2v) is 19.9. The molecule has 1 aliphatic carbocycles. The Labute approximate surface area is 440 Å². The van der Waals surface area contributed by atoms with Crippen LogP contribution in [0.4, 0.5) is 17.1 Å². The predicted octanol–water partition coefficient (Wildman–Crippen LogP) is 20.0. The van der Waals surface area contributed by atoms with Gasteiger partial charge in [0, 0.05) is 49.7 Å². The van der Waals surface area contributed by atoms with Gasteiger partial charge in [-0.2, -0.15) is 0 Å². The Morgan fingerprint density at radius 3 is 1.20 bits per heavy atom. The van der Waals surface area contributed by atoms with E-state index in [1.54, 1.807) is 0 Å². The molecule has 2 aromatic heterocycles. The molecule has 0 saturated heterocycles. The van der Waals surface area contributed by atoms with Crippen molar-refractivity contribution in [1.29, 1.82) is 0 Å². The number of para-hydroxylation sites is 4. The summed E-state index contributed by atoms with van der Waals surface area (Å²) in [6.07, 6.45) is 0. The van der Waals surface area contributed by atoms with Crippen molar-refractivity contribution in [3.8, 4) is 55.6 Å². The van der Waals surface area contributed by atoms with Crippen molar-refractivity contribution in [1.82, 2.24) is 0 Å². The molecule has 0 saturated carbocycles. The van der Waals surface area contributed by atoms with Crippen LogP contribution in [0.25, 0.3) is 99.5 Å². The average Bonchev–Trinajstić information content (AvgIpc) is 4.26. The first-order valence-corrected chi connectivity index (χ1v) is 26.1. The lowest BCUT2D eigenvalue weighted by Crippen LogP contribution is -2.29. The van der Waals surface area contributed by atoms with Crippen LogP contribution in [0.1, 0.15) is 22.3 Å². The van der Waals surface area contributed by atoms with Crippen molar-refractivity contribution < 1.29 is 8.83 Å². The zero-order valence-electron chi connectivity index (χ0n) is 41.4. The highest BCUT2D eigenvalue weighted by molar-refractivity contribution is 6.11. The van der Waals surface area contributed by atoms with Gasteiger partial charge in [0.2, 0.25) is 0 Å². The number of anilines is 3. The number of hydrogen-bond acceptors (Lipinski definition) is 3. The maximum atomic E-state index is 6.51. The summed E-state index contributed by atoms with van der Waals surface area (Å²) in [7, 11) is 0. The summed E-state index contributed by atoms with van der Waals surface area (Å²) in [6, 6.07) is 103. The zero-order valence-corrected chi connectivity index (χ0v) is 41.4. The van der Waals surface area contributed by atoms with Crippen LogP contribution in [0.5, 0.6) is 0 Å². The molecule has 0 bridgehead atoms. The Bertz CT molecular complexity index is 4320. The topological polar surface area (TPSA) is 29.5 Å². The van der Waals surface area contributed by atoms with Gasteiger partial charge in [0.1, 0.15) is 22.3 Å². The first-order chi connectivity index (χ1) is 37.7. The molecule has 2 heterocycles. The zero-order chi connectivity index (χ0) is 50.2. The number of fused-ring (bicyclic) bond motifs is 9. The molecule has 3 nitrogen and oxygen atoms in total. The van der Waals surface area contributed by atoms with Crippen LogP contribution in [0.2, 0.25) is 0 Å². The fourth-order valence-corrected chi connectivity index (χ4v) is 12.4. The van der Waals surface area contributed by atoms with E-state index in [2.05, 4.69) is 266 Å². The summed E-state index contributed by atoms with van der Waals surface area (Å²) >= 11 is 0. The fraction of sp³-hybridized carbons (Fsp3) is 0.0137. The van der Waals surface area contributed by atoms with Gasteiger partial charge < -0.3 is 13.7 Å². The van der Waals surface area contributed by atoms with E-state index in [1.165, 1.54) is 50.1 Å². The summed E-state index contributed by atoms with van der Waals surface area (Å²) < 4.78 is 13.0. The molecular formula is C73H47NO2. The van der Waals surface area contributed by atoms with E-state index in [4.69, 9.17) is 8.83 Å².